The summed E-state index contributed by atoms with van der Waals surface area (Å²) in [6.07, 6.45) is 4.74. The van der Waals surface area contributed by atoms with Crippen LogP contribution < -0.4 is 5.32 Å². The molecule has 2 rings (SSSR count). The first-order chi connectivity index (χ1) is 9.70. The molecule has 0 aliphatic carbocycles. The molecule has 0 atom stereocenters. The number of aryl methyl sites for hydroxylation is 1. The number of anilines is 1. The van der Waals surface area contributed by atoms with Crippen molar-refractivity contribution in [3.8, 4) is 5.69 Å². The number of nitrogens with zero attached hydrogens (tertiary/aromatic N) is 2. The van der Waals surface area contributed by atoms with Crippen LogP contribution in [0.5, 0.6) is 0 Å². The molecular weight excluding hydrogens is 318 g/mol. The first kappa shape index (κ1) is 15.1. The van der Waals surface area contributed by atoms with Crippen molar-refractivity contribution in [1.29, 1.82) is 0 Å². The van der Waals surface area contributed by atoms with Gasteiger partial charge >= 0.3 is 0 Å². The molecule has 0 amide bonds. The Morgan fingerprint density at radius 2 is 2.20 bits per heavy atom. The van der Waals surface area contributed by atoms with Crippen LogP contribution in [0.4, 0.5) is 5.95 Å². The number of hydrogen-bond donors (Lipinski definition) is 1. The Morgan fingerprint density at radius 1 is 1.35 bits per heavy atom. The first-order valence-electron chi connectivity index (χ1n) is 6.83. The molecule has 0 fully saturated rings. The molecule has 0 aliphatic heterocycles. The van der Waals surface area contributed by atoms with Gasteiger partial charge in [0.1, 0.15) is 0 Å². The zero-order valence-electron chi connectivity index (χ0n) is 11.9. The molecule has 2 aromatic rings. The number of hydrogen-bond acceptors (Lipinski definition) is 3. The van der Waals surface area contributed by atoms with E-state index in [1.54, 1.807) is 6.20 Å². The van der Waals surface area contributed by atoms with E-state index in [4.69, 9.17) is 4.74 Å². The van der Waals surface area contributed by atoms with E-state index >= 15 is 0 Å². The number of ether oxygens (including phenoxy) is 1. The van der Waals surface area contributed by atoms with E-state index in [0.29, 0.717) is 0 Å². The van der Waals surface area contributed by atoms with Gasteiger partial charge in [-0.1, -0.05) is 15.9 Å². The molecule has 0 aliphatic rings. The van der Waals surface area contributed by atoms with Crippen molar-refractivity contribution in [2.75, 3.05) is 25.1 Å². The second kappa shape index (κ2) is 7.45. The van der Waals surface area contributed by atoms with Crippen molar-refractivity contribution in [2.45, 2.75) is 20.3 Å². The fourth-order valence-corrected chi connectivity index (χ4v) is 2.61. The fraction of sp³-hybridized carbons (Fsp3) is 0.400. The molecular formula is C15H20BrN3O. The first-order valence-corrected chi connectivity index (χ1v) is 7.62. The zero-order valence-corrected chi connectivity index (χ0v) is 13.5. The minimum atomic E-state index is 0.770. The van der Waals surface area contributed by atoms with Gasteiger partial charge in [-0.2, -0.15) is 0 Å². The molecule has 1 aromatic carbocycles. The van der Waals surface area contributed by atoms with E-state index in [0.717, 1.165) is 42.3 Å². The Kier molecular flexibility index (Phi) is 5.61. The van der Waals surface area contributed by atoms with Crippen molar-refractivity contribution >= 4 is 21.9 Å². The minimum Gasteiger partial charge on any atom is -0.382 e. The van der Waals surface area contributed by atoms with Crippen LogP contribution in [0, 0.1) is 6.92 Å². The highest BCUT2D eigenvalue weighted by molar-refractivity contribution is 9.10. The van der Waals surface area contributed by atoms with Crippen LogP contribution in [0.15, 0.2) is 35.1 Å². The Bertz CT molecular complexity index is 534. The van der Waals surface area contributed by atoms with Gasteiger partial charge in [0.2, 0.25) is 5.95 Å². The van der Waals surface area contributed by atoms with Gasteiger partial charge in [-0.05, 0) is 44.0 Å². The lowest BCUT2D eigenvalue weighted by atomic mass is 10.2. The topological polar surface area (TPSA) is 39.1 Å². The molecule has 5 heteroatoms. The van der Waals surface area contributed by atoms with Crippen LogP contribution >= 0.6 is 15.9 Å². The van der Waals surface area contributed by atoms with Gasteiger partial charge in [0.15, 0.2) is 0 Å². The number of nitrogens with one attached hydrogen (secondary N) is 1. The summed E-state index contributed by atoms with van der Waals surface area (Å²) >= 11 is 3.53. The molecule has 1 N–H and O–H groups in total. The predicted molar refractivity (Wildman–Crippen MR) is 85.6 cm³/mol. The van der Waals surface area contributed by atoms with Gasteiger partial charge in [0.25, 0.3) is 0 Å². The standard InChI is InChI=1S/C15H20BrN3O/c1-3-20-8-4-5-17-15-18-6-7-19(15)14-10-12(2)9-13(16)11-14/h6-7,9-11H,3-5,8H2,1-2H3,(H,17,18). The molecule has 0 saturated carbocycles. The molecule has 0 unspecified atom stereocenters. The van der Waals surface area contributed by atoms with Crippen molar-refractivity contribution < 1.29 is 4.74 Å². The predicted octanol–water partition coefficient (Wildman–Crippen LogP) is 3.78. The summed E-state index contributed by atoms with van der Waals surface area (Å²) in [4.78, 5) is 4.37. The fourth-order valence-electron chi connectivity index (χ4n) is 2.02. The van der Waals surface area contributed by atoms with Crippen molar-refractivity contribution in [2.24, 2.45) is 0 Å². The van der Waals surface area contributed by atoms with Crippen LogP contribution in [-0.4, -0.2) is 29.3 Å². The molecule has 0 bridgehead atoms. The summed E-state index contributed by atoms with van der Waals surface area (Å²) in [5, 5.41) is 3.35. The smallest absolute Gasteiger partial charge is 0.207 e. The Hall–Kier alpha value is -1.33. The summed E-state index contributed by atoms with van der Waals surface area (Å²) in [7, 11) is 0. The molecule has 20 heavy (non-hydrogen) atoms. The Balaban J connectivity index is 2.04. The SMILES string of the molecule is CCOCCCNc1nccn1-c1cc(C)cc(Br)c1. The van der Waals surface area contributed by atoms with Crippen LogP contribution in [0.25, 0.3) is 5.69 Å². The van der Waals surface area contributed by atoms with E-state index in [-0.39, 0.29) is 0 Å². The largest absolute Gasteiger partial charge is 0.382 e. The molecule has 0 radical (unpaired) electrons. The van der Waals surface area contributed by atoms with Crippen LogP contribution in [-0.2, 0) is 4.74 Å². The van der Waals surface area contributed by atoms with Crippen molar-refractivity contribution in [1.82, 2.24) is 9.55 Å². The lowest BCUT2D eigenvalue weighted by Crippen LogP contribution is -2.10. The number of halogens is 1. The maximum absolute atomic E-state index is 5.33. The number of aromatic nitrogens is 2. The summed E-state index contributed by atoms with van der Waals surface area (Å²) in [6.45, 7) is 6.49. The van der Waals surface area contributed by atoms with Gasteiger partial charge in [-0.3, -0.25) is 4.57 Å². The zero-order chi connectivity index (χ0) is 14.4. The van der Waals surface area contributed by atoms with E-state index in [1.807, 2.05) is 13.1 Å². The third-order valence-electron chi connectivity index (χ3n) is 2.90. The maximum Gasteiger partial charge on any atom is 0.207 e. The molecule has 1 heterocycles. The maximum atomic E-state index is 5.33. The van der Waals surface area contributed by atoms with Crippen LogP contribution in [0.3, 0.4) is 0 Å². The highest BCUT2D eigenvalue weighted by atomic mass is 79.9. The van der Waals surface area contributed by atoms with Gasteiger partial charge < -0.3 is 10.1 Å². The van der Waals surface area contributed by atoms with E-state index in [1.165, 1.54) is 5.56 Å². The number of rotatable bonds is 7. The van der Waals surface area contributed by atoms with Crippen molar-refractivity contribution in [3.05, 3.63) is 40.6 Å². The second-order valence-electron chi connectivity index (χ2n) is 4.58. The normalized spacial score (nSPS) is 10.8. The quantitative estimate of drug-likeness (QED) is 0.781. The van der Waals surface area contributed by atoms with Crippen molar-refractivity contribution in [3.63, 3.8) is 0 Å². The van der Waals surface area contributed by atoms with Crippen LogP contribution in [0.1, 0.15) is 18.9 Å². The molecule has 4 nitrogen and oxygen atoms in total. The summed E-state index contributed by atoms with van der Waals surface area (Å²) < 4.78 is 8.45. The summed E-state index contributed by atoms with van der Waals surface area (Å²) in [5.74, 6) is 0.860. The minimum absolute atomic E-state index is 0.770. The van der Waals surface area contributed by atoms with E-state index < -0.39 is 0 Å². The lowest BCUT2D eigenvalue weighted by molar-refractivity contribution is 0.147. The van der Waals surface area contributed by atoms with Gasteiger partial charge in [0, 0.05) is 42.3 Å². The monoisotopic (exact) mass is 337 g/mol. The number of benzene rings is 1. The highest BCUT2D eigenvalue weighted by Gasteiger charge is 2.05. The highest BCUT2D eigenvalue weighted by Crippen LogP contribution is 2.21. The molecule has 1 aromatic heterocycles. The Labute approximate surface area is 128 Å². The van der Waals surface area contributed by atoms with Gasteiger partial charge in [0.05, 0.1) is 0 Å². The molecule has 0 spiro atoms. The lowest BCUT2D eigenvalue weighted by Gasteiger charge is -2.11. The average Bonchev–Trinajstić information content (AvgIpc) is 2.86. The Morgan fingerprint density at radius 3 is 2.95 bits per heavy atom. The van der Waals surface area contributed by atoms with Crippen LogP contribution in [0.2, 0.25) is 0 Å². The summed E-state index contributed by atoms with van der Waals surface area (Å²) in [6, 6.07) is 6.31. The third kappa shape index (κ3) is 4.08. The summed E-state index contributed by atoms with van der Waals surface area (Å²) in [5.41, 5.74) is 2.31. The van der Waals surface area contributed by atoms with Gasteiger partial charge in [-0.15, -0.1) is 0 Å². The second-order valence-corrected chi connectivity index (χ2v) is 5.50. The average molecular weight is 338 g/mol. The molecule has 108 valence electrons. The third-order valence-corrected chi connectivity index (χ3v) is 3.36. The van der Waals surface area contributed by atoms with E-state index in [9.17, 15) is 0 Å². The number of imidazole rings is 1. The molecule has 0 saturated heterocycles. The van der Waals surface area contributed by atoms with E-state index in [2.05, 4.69) is 55.9 Å². The van der Waals surface area contributed by atoms with Gasteiger partial charge in [-0.25, -0.2) is 4.98 Å².